The Hall–Kier alpha value is -1.00. The van der Waals surface area contributed by atoms with Crippen molar-refractivity contribution in [2.45, 2.75) is 6.54 Å². The van der Waals surface area contributed by atoms with Crippen LogP contribution in [0.25, 0.3) is 0 Å². The van der Waals surface area contributed by atoms with Gasteiger partial charge in [-0.15, -0.1) is 0 Å². The molecule has 0 aromatic carbocycles. The highest BCUT2D eigenvalue weighted by atomic mass is 35.5. The highest BCUT2D eigenvalue weighted by molar-refractivity contribution is 6.34. The zero-order chi connectivity index (χ0) is 10.0. The summed E-state index contributed by atoms with van der Waals surface area (Å²) in [5, 5.41) is 10.3. The average molecular weight is 221 g/mol. The molecule has 0 bridgehead atoms. The van der Waals surface area contributed by atoms with Crippen molar-refractivity contribution in [2.24, 2.45) is 0 Å². The second kappa shape index (κ2) is 3.81. The Kier molecular flexibility index (Phi) is 2.95. The quantitative estimate of drug-likeness (QED) is 0.700. The fraction of sp³-hybridized carbons (Fsp3) is 0.143. The Morgan fingerprint density at radius 3 is 2.69 bits per heavy atom. The summed E-state index contributed by atoms with van der Waals surface area (Å²) >= 11 is 11.0. The maximum Gasteiger partial charge on any atom is 0.269 e. The summed E-state index contributed by atoms with van der Waals surface area (Å²) in [6.07, 6.45) is 1.19. The lowest BCUT2D eigenvalue weighted by Gasteiger charge is -2.06. The molecule has 4 nitrogen and oxygen atoms in total. The van der Waals surface area contributed by atoms with E-state index in [9.17, 15) is 14.7 Å². The predicted octanol–water partition coefficient (Wildman–Crippen LogP) is -0.0950. The fourth-order valence-electron chi connectivity index (χ4n) is 0.821. The van der Waals surface area contributed by atoms with E-state index < -0.39 is 18.1 Å². The first kappa shape index (κ1) is 10.1. The molecule has 0 aliphatic rings. The van der Waals surface area contributed by atoms with Crippen LogP contribution in [-0.2, 0) is 11.3 Å². The number of hydrogen-bond donors (Lipinski definition) is 0. The zero-order valence-electron chi connectivity index (χ0n) is 6.29. The van der Waals surface area contributed by atoms with Crippen LogP contribution in [0.4, 0.5) is 0 Å². The number of carboxylic acids is 1. The van der Waals surface area contributed by atoms with E-state index in [1.165, 1.54) is 12.3 Å². The van der Waals surface area contributed by atoms with E-state index in [1.54, 1.807) is 0 Å². The second-order valence-corrected chi connectivity index (χ2v) is 3.15. The average Bonchev–Trinajstić information content (AvgIpc) is 1.98. The van der Waals surface area contributed by atoms with Crippen molar-refractivity contribution >= 4 is 29.2 Å². The summed E-state index contributed by atoms with van der Waals surface area (Å²) in [7, 11) is 0. The van der Waals surface area contributed by atoms with Gasteiger partial charge >= 0.3 is 0 Å². The third-order valence-electron chi connectivity index (χ3n) is 1.31. The Labute approximate surface area is 83.3 Å². The van der Waals surface area contributed by atoms with Crippen molar-refractivity contribution in [3.05, 3.63) is 32.7 Å². The highest BCUT2D eigenvalue weighted by Crippen LogP contribution is 2.10. The van der Waals surface area contributed by atoms with Crippen LogP contribution in [0.3, 0.4) is 0 Å². The van der Waals surface area contributed by atoms with Crippen molar-refractivity contribution in [1.82, 2.24) is 4.57 Å². The molecule has 0 unspecified atom stereocenters. The Morgan fingerprint density at radius 1 is 1.54 bits per heavy atom. The molecular formula is C7H4Cl2NO3-. The Bertz CT molecular complexity index is 399. The van der Waals surface area contributed by atoms with Gasteiger partial charge in [-0.25, -0.2) is 0 Å². The molecule has 0 fully saturated rings. The molecule has 0 aliphatic carbocycles. The molecule has 70 valence electrons. The summed E-state index contributed by atoms with van der Waals surface area (Å²) < 4.78 is 0.875. The molecule has 1 aromatic heterocycles. The van der Waals surface area contributed by atoms with E-state index in [2.05, 4.69) is 0 Å². The van der Waals surface area contributed by atoms with Crippen LogP contribution in [0.5, 0.6) is 0 Å². The minimum atomic E-state index is -1.37. The summed E-state index contributed by atoms with van der Waals surface area (Å²) in [5.41, 5.74) is -0.602. The van der Waals surface area contributed by atoms with Crippen molar-refractivity contribution in [1.29, 1.82) is 0 Å². The topological polar surface area (TPSA) is 62.1 Å². The lowest BCUT2D eigenvalue weighted by molar-refractivity contribution is -0.306. The number of halogens is 2. The maximum absolute atomic E-state index is 11.1. The monoisotopic (exact) mass is 220 g/mol. The van der Waals surface area contributed by atoms with Gasteiger partial charge in [0.15, 0.2) is 0 Å². The van der Waals surface area contributed by atoms with Gasteiger partial charge in [-0.3, -0.25) is 4.79 Å². The summed E-state index contributed by atoms with van der Waals surface area (Å²) in [4.78, 5) is 21.3. The van der Waals surface area contributed by atoms with Crippen LogP contribution < -0.4 is 10.7 Å². The third-order valence-corrected chi connectivity index (χ3v) is 1.79. The van der Waals surface area contributed by atoms with E-state index in [4.69, 9.17) is 23.2 Å². The van der Waals surface area contributed by atoms with Gasteiger partial charge in [-0.1, -0.05) is 23.2 Å². The van der Waals surface area contributed by atoms with E-state index in [0.717, 1.165) is 4.57 Å². The SMILES string of the molecule is O=C([O-])Cn1cc(Cl)cc(Cl)c1=O. The van der Waals surface area contributed by atoms with Crippen LogP contribution in [0, 0.1) is 0 Å². The molecule has 1 heterocycles. The van der Waals surface area contributed by atoms with E-state index in [0.29, 0.717) is 0 Å². The van der Waals surface area contributed by atoms with E-state index in [1.807, 2.05) is 0 Å². The summed E-state index contributed by atoms with van der Waals surface area (Å²) in [6, 6.07) is 1.25. The zero-order valence-corrected chi connectivity index (χ0v) is 7.80. The lowest BCUT2D eigenvalue weighted by atomic mass is 10.4. The van der Waals surface area contributed by atoms with Gasteiger partial charge in [-0.05, 0) is 6.07 Å². The standard InChI is InChI=1S/C7H5Cl2NO3/c8-4-1-5(9)7(13)10(2-4)3-6(11)12/h1-2H,3H2,(H,11,12)/p-1. The van der Waals surface area contributed by atoms with Crippen LogP contribution >= 0.6 is 23.2 Å². The number of nitrogens with zero attached hydrogens (tertiary/aromatic N) is 1. The van der Waals surface area contributed by atoms with E-state index in [-0.39, 0.29) is 10.0 Å². The Balaban J connectivity index is 3.21. The van der Waals surface area contributed by atoms with Crippen LogP contribution in [0.15, 0.2) is 17.1 Å². The lowest BCUT2D eigenvalue weighted by Crippen LogP contribution is -2.32. The highest BCUT2D eigenvalue weighted by Gasteiger charge is 2.03. The van der Waals surface area contributed by atoms with Gasteiger partial charge in [0.25, 0.3) is 5.56 Å². The molecular weight excluding hydrogens is 217 g/mol. The van der Waals surface area contributed by atoms with Gasteiger partial charge in [0.1, 0.15) is 5.02 Å². The van der Waals surface area contributed by atoms with Crippen LogP contribution in [0.1, 0.15) is 0 Å². The molecule has 0 radical (unpaired) electrons. The van der Waals surface area contributed by atoms with Gasteiger partial charge < -0.3 is 14.5 Å². The molecule has 1 rings (SSSR count). The normalized spacial score (nSPS) is 10.0. The summed E-state index contributed by atoms with van der Waals surface area (Å²) in [5.74, 6) is -1.37. The van der Waals surface area contributed by atoms with Crippen LogP contribution in [0.2, 0.25) is 10.0 Å². The van der Waals surface area contributed by atoms with Crippen molar-refractivity contribution in [2.75, 3.05) is 0 Å². The molecule has 0 saturated carbocycles. The number of aliphatic carboxylic acids is 1. The number of hydrogen-bond acceptors (Lipinski definition) is 3. The first-order valence-electron chi connectivity index (χ1n) is 3.26. The van der Waals surface area contributed by atoms with Gasteiger partial charge in [0, 0.05) is 6.20 Å². The van der Waals surface area contributed by atoms with Gasteiger partial charge in [0.2, 0.25) is 0 Å². The number of carboxylic acid groups (broad SMARTS) is 1. The van der Waals surface area contributed by atoms with Crippen molar-refractivity contribution in [3.8, 4) is 0 Å². The molecule has 0 aliphatic heterocycles. The van der Waals surface area contributed by atoms with Crippen molar-refractivity contribution < 1.29 is 9.90 Å². The van der Waals surface area contributed by atoms with Gasteiger partial charge in [-0.2, -0.15) is 0 Å². The molecule has 0 N–H and O–H groups in total. The van der Waals surface area contributed by atoms with Crippen molar-refractivity contribution in [3.63, 3.8) is 0 Å². The third kappa shape index (κ3) is 2.47. The number of aromatic nitrogens is 1. The van der Waals surface area contributed by atoms with E-state index >= 15 is 0 Å². The second-order valence-electron chi connectivity index (χ2n) is 2.31. The minimum absolute atomic E-state index is 0.117. The molecule has 0 atom stereocenters. The largest absolute Gasteiger partial charge is 0.548 e. The maximum atomic E-state index is 11.1. The number of carbonyl (C=O) groups excluding carboxylic acids is 1. The number of carbonyl (C=O) groups is 1. The summed E-state index contributed by atoms with van der Waals surface area (Å²) in [6.45, 7) is -0.556. The smallest absolute Gasteiger partial charge is 0.269 e. The molecule has 0 saturated heterocycles. The first-order chi connectivity index (χ1) is 6.00. The molecule has 0 spiro atoms. The first-order valence-corrected chi connectivity index (χ1v) is 4.01. The molecule has 1 aromatic rings. The number of pyridine rings is 1. The molecule has 0 amide bonds. The predicted molar refractivity (Wildman–Crippen MR) is 45.7 cm³/mol. The van der Waals surface area contributed by atoms with Crippen LogP contribution in [-0.4, -0.2) is 10.5 Å². The Morgan fingerprint density at radius 2 is 2.15 bits per heavy atom. The fourth-order valence-corrected chi connectivity index (χ4v) is 1.33. The number of rotatable bonds is 2. The molecule has 13 heavy (non-hydrogen) atoms. The van der Waals surface area contributed by atoms with Gasteiger partial charge in [0.05, 0.1) is 17.5 Å². The minimum Gasteiger partial charge on any atom is -0.548 e. The molecule has 6 heteroatoms.